The zero-order valence-electron chi connectivity index (χ0n) is 10.8. The molecule has 108 valence electrons. The smallest absolute Gasteiger partial charge is 0.326 e. The van der Waals surface area contributed by atoms with Gasteiger partial charge in [0.2, 0.25) is 5.91 Å². The van der Waals surface area contributed by atoms with Gasteiger partial charge < -0.3 is 10.0 Å². The molecule has 1 heterocycles. The third-order valence-electron chi connectivity index (χ3n) is 3.48. The van der Waals surface area contributed by atoms with Crippen LogP contribution < -0.4 is 0 Å². The molecule has 1 atom stereocenters. The number of carbonyl (C=O) groups is 2. The highest BCUT2D eigenvalue weighted by molar-refractivity contribution is 5.85. The molecule has 4 nitrogen and oxygen atoms in total. The Hall–Kier alpha value is -1.98. The Kier molecular flexibility index (Phi) is 4.32. The predicted molar refractivity (Wildman–Crippen MR) is 67.0 cm³/mol. The largest absolute Gasteiger partial charge is 0.480 e. The molecule has 1 aromatic carbocycles. The van der Waals surface area contributed by atoms with E-state index in [1.54, 1.807) is 0 Å². The highest BCUT2D eigenvalue weighted by atomic mass is 19.2. The van der Waals surface area contributed by atoms with E-state index in [2.05, 4.69) is 0 Å². The van der Waals surface area contributed by atoms with E-state index < -0.39 is 29.6 Å². The highest BCUT2D eigenvalue weighted by Crippen LogP contribution is 2.20. The van der Waals surface area contributed by atoms with Crippen LogP contribution in [-0.2, 0) is 16.0 Å². The average molecular weight is 283 g/mol. The van der Waals surface area contributed by atoms with E-state index in [9.17, 15) is 18.4 Å². The third-order valence-corrected chi connectivity index (χ3v) is 3.48. The van der Waals surface area contributed by atoms with Crippen molar-refractivity contribution in [3.05, 3.63) is 35.4 Å². The van der Waals surface area contributed by atoms with E-state index in [-0.39, 0.29) is 12.0 Å². The minimum atomic E-state index is -1.06. The number of carboxylic acid groups (broad SMARTS) is 1. The lowest BCUT2D eigenvalue weighted by Gasteiger charge is -2.33. The zero-order valence-corrected chi connectivity index (χ0v) is 10.8. The van der Waals surface area contributed by atoms with Gasteiger partial charge >= 0.3 is 5.97 Å². The molecule has 6 heteroatoms. The fourth-order valence-electron chi connectivity index (χ4n) is 2.44. The summed E-state index contributed by atoms with van der Waals surface area (Å²) >= 11 is 0. The van der Waals surface area contributed by atoms with Gasteiger partial charge in [0.05, 0.1) is 6.42 Å². The Morgan fingerprint density at radius 3 is 2.75 bits per heavy atom. The molecule has 1 fully saturated rings. The van der Waals surface area contributed by atoms with E-state index in [0.29, 0.717) is 13.0 Å². The van der Waals surface area contributed by atoms with Gasteiger partial charge in [0.15, 0.2) is 11.6 Å². The third kappa shape index (κ3) is 2.95. The Balaban J connectivity index is 2.14. The van der Waals surface area contributed by atoms with Crippen molar-refractivity contribution in [2.24, 2.45) is 0 Å². The van der Waals surface area contributed by atoms with Crippen LogP contribution in [0.15, 0.2) is 18.2 Å². The number of carbonyl (C=O) groups excluding carboxylic acids is 1. The van der Waals surface area contributed by atoms with E-state index in [4.69, 9.17) is 5.11 Å². The van der Waals surface area contributed by atoms with Crippen LogP contribution in [0.4, 0.5) is 8.78 Å². The van der Waals surface area contributed by atoms with Crippen LogP contribution >= 0.6 is 0 Å². The van der Waals surface area contributed by atoms with Crippen LogP contribution in [0.25, 0.3) is 0 Å². The van der Waals surface area contributed by atoms with Crippen LogP contribution in [-0.4, -0.2) is 34.5 Å². The van der Waals surface area contributed by atoms with Gasteiger partial charge in [-0.3, -0.25) is 4.79 Å². The van der Waals surface area contributed by atoms with Gasteiger partial charge in [-0.1, -0.05) is 12.1 Å². The minimum absolute atomic E-state index is 0.0512. The monoisotopic (exact) mass is 283 g/mol. The molecule has 2 rings (SSSR count). The first kappa shape index (κ1) is 14.4. The normalized spacial score (nSPS) is 18.9. The second-order valence-corrected chi connectivity index (χ2v) is 4.83. The highest BCUT2D eigenvalue weighted by Gasteiger charge is 2.32. The molecule has 1 N–H and O–H groups in total. The number of carboxylic acids is 1. The first-order valence-electron chi connectivity index (χ1n) is 6.46. The van der Waals surface area contributed by atoms with Crippen molar-refractivity contribution in [2.75, 3.05) is 6.54 Å². The molecule has 1 unspecified atom stereocenters. The molecular weight excluding hydrogens is 268 g/mol. The summed E-state index contributed by atoms with van der Waals surface area (Å²) in [7, 11) is 0. The molecule has 0 radical (unpaired) electrons. The summed E-state index contributed by atoms with van der Waals surface area (Å²) in [5.74, 6) is -3.60. The summed E-state index contributed by atoms with van der Waals surface area (Å²) in [5.41, 5.74) is -0.0512. The summed E-state index contributed by atoms with van der Waals surface area (Å²) in [6, 6.07) is 2.76. The van der Waals surface area contributed by atoms with Crippen molar-refractivity contribution in [2.45, 2.75) is 31.7 Å². The maximum Gasteiger partial charge on any atom is 0.326 e. The number of hydrogen-bond acceptors (Lipinski definition) is 2. The maximum atomic E-state index is 13.5. The molecule has 20 heavy (non-hydrogen) atoms. The second-order valence-electron chi connectivity index (χ2n) is 4.83. The number of rotatable bonds is 3. The lowest BCUT2D eigenvalue weighted by molar-refractivity contribution is -0.151. The van der Waals surface area contributed by atoms with Gasteiger partial charge in [0, 0.05) is 12.1 Å². The number of halogens is 2. The summed E-state index contributed by atoms with van der Waals surface area (Å²) in [6.45, 7) is 0.340. The first-order chi connectivity index (χ1) is 9.50. The quantitative estimate of drug-likeness (QED) is 0.922. The second kappa shape index (κ2) is 5.98. The average Bonchev–Trinajstić information content (AvgIpc) is 2.43. The molecule has 0 aliphatic carbocycles. The number of benzene rings is 1. The number of nitrogens with zero attached hydrogens (tertiary/aromatic N) is 1. The van der Waals surface area contributed by atoms with Crippen molar-refractivity contribution < 1.29 is 23.5 Å². The Morgan fingerprint density at radius 2 is 2.05 bits per heavy atom. The zero-order chi connectivity index (χ0) is 14.7. The fraction of sp³-hybridized carbons (Fsp3) is 0.429. The van der Waals surface area contributed by atoms with Crippen LogP contribution in [0.2, 0.25) is 0 Å². The Labute approximate surface area is 115 Å². The number of likely N-dealkylation sites (tertiary alicyclic amines) is 1. The molecule has 0 spiro atoms. The SMILES string of the molecule is O=C(O)C1CCCCN1C(=O)Cc1cccc(F)c1F. The van der Waals surface area contributed by atoms with Gasteiger partial charge in [-0.05, 0) is 25.3 Å². The maximum absolute atomic E-state index is 13.5. The lowest BCUT2D eigenvalue weighted by atomic mass is 10.0. The molecular formula is C14H15F2NO3. The van der Waals surface area contributed by atoms with E-state index >= 15 is 0 Å². The van der Waals surface area contributed by atoms with Crippen molar-refractivity contribution in [1.29, 1.82) is 0 Å². The summed E-state index contributed by atoms with van der Waals surface area (Å²) in [6.07, 6.45) is 1.54. The number of piperidine rings is 1. The summed E-state index contributed by atoms with van der Waals surface area (Å²) in [4.78, 5) is 24.5. The van der Waals surface area contributed by atoms with E-state index in [1.807, 2.05) is 0 Å². The van der Waals surface area contributed by atoms with Crippen molar-refractivity contribution in [3.8, 4) is 0 Å². The summed E-state index contributed by atoms with van der Waals surface area (Å²) < 4.78 is 26.6. The topological polar surface area (TPSA) is 57.6 Å². The standard InChI is InChI=1S/C14H15F2NO3/c15-10-5-3-4-9(13(10)16)8-12(18)17-7-2-1-6-11(17)14(19)20/h3-5,11H,1-2,6-8H2,(H,19,20). The number of hydrogen-bond donors (Lipinski definition) is 1. The lowest BCUT2D eigenvalue weighted by Crippen LogP contribution is -2.48. The van der Waals surface area contributed by atoms with Crippen LogP contribution in [0.5, 0.6) is 0 Å². The molecule has 1 aliphatic rings. The van der Waals surface area contributed by atoms with E-state index in [0.717, 1.165) is 18.9 Å². The van der Waals surface area contributed by atoms with Crippen LogP contribution in [0.3, 0.4) is 0 Å². The van der Waals surface area contributed by atoms with Gasteiger partial charge in [0.25, 0.3) is 0 Å². The molecule has 0 saturated carbocycles. The molecule has 0 aromatic heterocycles. The van der Waals surface area contributed by atoms with Crippen molar-refractivity contribution in [1.82, 2.24) is 4.90 Å². The first-order valence-corrected chi connectivity index (χ1v) is 6.46. The Bertz CT molecular complexity index is 533. The minimum Gasteiger partial charge on any atom is -0.480 e. The molecule has 1 saturated heterocycles. The van der Waals surface area contributed by atoms with Crippen LogP contribution in [0.1, 0.15) is 24.8 Å². The summed E-state index contributed by atoms with van der Waals surface area (Å²) in [5, 5.41) is 9.09. The molecule has 1 amide bonds. The fourth-order valence-corrected chi connectivity index (χ4v) is 2.44. The van der Waals surface area contributed by atoms with Gasteiger partial charge in [-0.2, -0.15) is 0 Å². The van der Waals surface area contributed by atoms with Gasteiger partial charge in [-0.15, -0.1) is 0 Å². The van der Waals surface area contributed by atoms with Crippen molar-refractivity contribution in [3.63, 3.8) is 0 Å². The van der Waals surface area contributed by atoms with E-state index in [1.165, 1.54) is 17.0 Å². The van der Waals surface area contributed by atoms with Gasteiger partial charge in [0.1, 0.15) is 6.04 Å². The molecule has 1 aromatic rings. The predicted octanol–water partition coefficient (Wildman–Crippen LogP) is 1.97. The number of amides is 1. The Morgan fingerprint density at radius 1 is 1.30 bits per heavy atom. The van der Waals surface area contributed by atoms with Crippen LogP contribution in [0, 0.1) is 11.6 Å². The molecule has 0 bridgehead atoms. The molecule has 1 aliphatic heterocycles. The van der Waals surface area contributed by atoms with Crippen molar-refractivity contribution >= 4 is 11.9 Å². The number of aliphatic carboxylic acids is 1. The van der Waals surface area contributed by atoms with Gasteiger partial charge in [-0.25, -0.2) is 13.6 Å².